The fourth-order valence-electron chi connectivity index (χ4n) is 5.84. The molecule has 180 valence electrons. The monoisotopic (exact) mass is 439 g/mol. The molecule has 0 aliphatic heterocycles. The molecule has 32 heavy (non-hydrogen) atoms. The van der Waals surface area contributed by atoms with E-state index in [1.807, 2.05) is 0 Å². The number of hydrogen-bond acceptors (Lipinski definition) is 2. The molecule has 2 N–H and O–H groups in total. The summed E-state index contributed by atoms with van der Waals surface area (Å²) in [4.78, 5) is 0. The maximum absolute atomic E-state index is 10.2. The summed E-state index contributed by atoms with van der Waals surface area (Å²) in [5, 5.41) is 18.5. The van der Waals surface area contributed by atoms with Gasteiger partial charge in [0.05, 0.1) is 6.10 Å². The Labute approximate surface area is 198 Å². The molecular formula is C30H49NO. The molecule has 2 rings (SSSR count). The number of hydrogen-bond donors (Lipinski definition) is 2. The topological polar surface area (TPSA) is 44.1 Å². The third-order valence-electron chi connectivity index (χ3n) is 8.32. The molecule has 2 saturated carbocycles. The second-order valence-electron chi connectivity index (χ2n) is 11.6. The summed E-state index contributed by atoms with van der Waals surface area (Å²) in [6.07, 6.45) is 15.0. The highest BCUT2D eigenvalue weighted by atomic mass is 16.3. The molecule has 0 spiro atoms. The summed E-state index contributed by atoms with van der Waals surface area (Å²) in [6.45, 7) is 22.3. The lowest BCUT2D eigenvalue weighted by molar-refractivity contribution is 0.188. The Balaban J connectivity index is 2.11. The van der Waals surface area contributed by atoms with Crippen LogP contribution >= 0.6 is 0 Å². The van der Waals surface area contributed by atoms with Crippen LogP contribution in [0.1, 0.15) is 106 Å². The van der Waals surface area contributed by atoms with Gasteiger partial charge in [0.1, 0.15) is 0 Å². The Kier molecular flexibility index (Phi) is 9.35. The van der Waals surface area contributed by atoms with Gasteiger partial charge in [-0.2, -0.15) is 0 Å². The summed E-state index contributed by atoms with van der Waals surface area (Å²) in [7, 11) is 0. The zero-order chi connectivity index (χ0) is 24.1. The standard InChI is InChI=1S/C30H49NO/c1-9-26-25(19-18-24-14-11-16-27(32)22(24)3)15-12-20-30(26,8)23(4)21(2)13-10-17-28(31)29(5,6)7/h18-19,21,26-27,31-32H,3-4,9-17,20H2,1-2,5-8H3/b24-18-,25-19+,31-28?/t21-,26?,27?,30?/m1/s1. The van der Waals surface area contributed by atoms with Crippen LogP contribution in [0, 0.1) is 28.1 Å². The number of nitrogens with one attached hydrogen (secondary N) is 1. The quantitative estimate of drug-likeness (QED) is 0.288. The fraction of sp³-hybridized carbons (Fsp3) is 0.700. The molecule has 0 heterocycles. The Morgan fingerprint density at radius 1 is 1.25 bits per heavy atom. The van der Waals surface area contributed by atoms with Crippen LogP contribution in [-0.2, 0) is 0 Å². The van der Waals surface area contributed by atoms with Gasteiger partial charge < -0.3 is 10.5 Å². The molecule has 0 aromatic heterocycles. The summed E-state index contributed by atoms with van der Waals surface area (Å²) >= 11 is 0. The first-order chi connectivity index (χ1) is 14.9. The molecule has 0 radical (unpaired) electrons. The van der Waals surface area contributed by atoms with Gasteiger partial charge in [-0.25, -0.2) is 0 Å². The van der Waals surface area contributed by atoms with Gasteiger partial charge in [0.25, 0.3) is 0 Å². The third-order valence-corrected chi connectivity index (χ3v) is 8.32. The van der Waals surface area contributed by atoms with Gasteiger partial charge in [0, 0.05) is 5.71 Å². The Morgan fingerprint density at radius 2 is 1.94 bits per heavy atom. The normalized spacial score (nSPS) is 30.5. The molecule has 2 nitrogen and oxygen atoms in total. The van der Waals surface area contributed by atoms with Crippen molar-refractivity contribution >= 4 is 5.71 Å². The van der Waals surface area contributed by atoms with Crippen LogP contribution in [0.25, 0.3) is 0 Å². The smallest absolute Gasteiger partial charge is 0.0787 e. The van der Waals surface area contributed by atoms with Crippen molar-refractivity contribution < 1.29 is 5.11 Å². The van der Waals surface area contributed by atoms with Crippen LogP contribution in [0.4, 0.5) is 0 Å². The number of rotatable bonds is 8. The highest BCUT2D eigenvalue weighted by molar-refractivity contribution is 5.86. The van der Waals surface area contributed by atoms with Crippen LogP contribution in [0.15, 0.2) is 47.6 Å². The van der Waals surface area contributed by atoms with Crippen molar-refractivity contribution in [2.45, 2.75) is 112 Å². The lowest BCUT2D eigenvalue weighted by Gasteiger charge is -2.46. The van der Waals surface area contributed by atoms with Crippen molar-refractivity contribution in [3.8, 4) is 0 Å². The first-order valence-corrected chi connectivity index (χ1v) is 13.0. The van der Waals surface area contributed by atoms with E-state index in [9.17, 15) is 5.11 Å². The lowest BCUT2D eigenvalue weighted by atomic mass is 9.58. The molecule has 2 heteroatoms. The molecule has 0 aromatic rings. The van der Waals surface area contributed by atoms with E-state index in [-0.39, 0.29) is 16.9 Å². The second-order valence-corrected chi connectivity index (χ2v) is 11.6. The molecule has 0 aromatic carbocycles. The summed E-state index contributed by atoms with van der Waals surface area (Å²) in [5.74, 6) is 1.01. The zero-order valence-electron chi connectivity index (χ0n) is 21.8. The molecule has 0 saturated heterocycles. The minimum Gasteiger partial charge on any atom is -0.388 e. The van der Waals surface area contributed by atoms with Crippen LogP contribution in [0.2, 0.25) is 0 Å². The Bertz CT molecular complexity index is 762. The predicted octanol–water partition coefficient (Wildman–Crippen LogP) is 8.59. The largest absolute Gasteiger partial charge is 0.388 e. The van der Waals surface area contributed by atoms with Crippen LogP contribution in [-0.4, -0.2) is 16.9 Å². The van der Waals surface area contributed by atoms with Gasteiger partial charge in [-0.3, -0.25) is 0 Å². The van der Waals surface area contributed by atoms with E-state index in [2.05, 4.69) is 66.9 Å². The molecule has 3 unspecified atom stereocenters. The van der Waals surface area contributed by atoms with Crippen molar-refractivity contribution in [2.24, 2.45) is 22.7 Å². The van der Waals surface area contributed by atoms with E-state index < -0.39 is 0 Å². The van der Waals surface area contributed by atoms with E-state index in [0.29, 0.717) is 11.8 Å². The summed E-state index contributed by atoms with van der Waals surface area (Å²) in [5.41, 5.74) is 6.07. The van der Waals surface area contributed by atoms with Crippen molar-refractivity contribution in [3.63, 3.8) is 0 Å². The van der Waals surface area contributed by atoms with Gasteiger partial charge in [0.2, 0.25) is 0 Å². The molecule has 0 amide bonds. The summed E-state index contributed by atoms with van der Waals surface area (Å²) in [6, 6.07) is 0. The van der Waals surface area contributed by atoms with Crippen molar-refractivity contribution in [2.75, 3.05) is 0 Å². The first kappa shape index (κ1) is 26.8. The minimum absolute atomic E-state index is 0.0171. The lowest BCUT2D eigenvalue weighted by Crippen LogP contribution is -2.36. The van der Waals surface area contributed by atoms with Gasteiger partial charge >= 0.3 is 0 Å². The zero-order valence-corrected chi connectivity index (χ0v) is 21.8. The Morgan fingerprint density at radius 3 is 2.56 bits per heavy atom. The maximum atomic E-state index is 10.2. The van der Waals surface area contributed by atoms with Gasteiger partial charge in [-0.15, -0.1) is 0 Å². The second kappa shape index (κ2) is 11.1. The SMILES string of the molecule is C=C1/C(=C\C=C2/CCCC(C)(C(=C)[C@H](C)CCCC(=N)C(C)(C)C)C2CC)CCCC1O. The van der Waals surface area contributed by atoms with E-state index >= 15 is 0 Å². The van der Waals surface area contributed by atoms with Gasteiger partial charge in [0.15, 0.2) is 0 Å². The number of aliphatic hydroxyl groups excluding tert-OH is 1. The molecular weight excluding hydrogens is 390 g/mol. The average molecular weight is 440 g/mol. The average Bonchev–Trinajstić information content (AvgIpc) is 2.73. The number of aliphatic hydroxyl groups is 1. The van der Waals surface area contributed by atoms with Crippen molar-refractivity contribution in [3.05, 3.63) is 47.6 Å². The van der Waals surface area contributed by atoms with E-state index in [4.69, 9.17) is 5.41 Å². The first-order valence-electron chi connectivity index (χ1n) is 13.0. The molecule has 2 aliphatic rings. The van der Waals surface area contributed by atoms with Crippen LogP contribution in [0.3, 0.4) is 0 Å². The van der Waals surface area contributed by atoms with Crippen LogP contribution < -0.4 is 0 Å². The third kappa shape index (κ3) is 6.34. The predicted molar refractivity (Wildman–Crippen MR) is 140 cm³/mol. The fourth-order valence-corrected chi connectivity index (χ4v) is 5.84. The van der Waals surface area contributed by atoms with E-state index in [1.54, 1.807) is 5.57 Å². The highest BCUT2D eigenvalue weighted by Gasteiger charge is 2.41. The highest BCUT2D eigenvalue weighted by Crippen LogP contribution is 2.52. The molecule has 0 bridgehead atoms. The maximum Gasteiger partial charge on any atom is 0.0787 e. The van der Waals surface area contributed by atoms with Crippen molar-refractivity contribution in [1.29, 1.82) is 5.41 Å². The molecule has 2 fully saturated rings. The molecule has 4 atom stereocenters. The number of allylic oxidation sites excluding steroid dienone is 4. The Hall–Kier alpha value is -1.41. The van der Waals surface area contributed by atoms with Gasteiger partial charge in [-0.05, 0) is 98.0 Å². The van der Waals surface area contributed by atoms with Gasteiger partial charge in [-0.1, -0.05) is 78.0 Å². The summed E-state index contributed by atoms with van der Waals surface area (Å²) < 4.78 is 0. The van der Waals surface area contributed by atoms with E-state index in [1.165, 1.54) is 24.0 Å². The van der Waals surface area contributed by atoms with Crippen LogP contribution in [0.5, 0.6) is 0 Å². The van der Waals surface area contributed by atoms with Crippen molar-refractivity contribution in [1.82, 2.24) is 0 Å². The minimum atomic E-state index is -0.368. The molecule has 2 aliphatic carbocycles. The van der Waals surface area contributed by atoms with E-state index in [0.717, 1.165) is 62.7 Å².